The van der Waals surface area contributed by atoms with Crippen molar-refractivity contribution in [3.05, 3.63) is 27.8 Å². The van der Waals surface area contributed by atoms with Crippen LogP contribution in [-0.2, 0) is 0 Å². The number of alkyl halides is 2. The van der Waals surface area contributed by atoms with Gasteiger partial charge in [0.25, 0.3) is 11.6 Å². The van der Waals surface area contributed by atoms with Crippen molar-refractivity contribution in [2.75, 3.05) is 7.11 Å². The standard InChI is InChI=1S/C21H26F2N2O5/c1-11(21-8-12-3-13(9-21)5-14(4-12)10-21)24-19(26)15-6-17(29-2)18(30-20(22)23)7-16(15)25(27)28/h6-7,11-14,20H,3-5,8-10H2,1-2H3,(H,24,26)/t11-,12?,13?,14?,21?/m0/s1. The normalized spacial score (nSPS) is 30.2. The van der Waals surface area contributed by atoms with Gasteiger partial charge in [0.15, 0.2) is 11.5 Å². The number of hydrogen-bond acceptors (Lipinski definition) is 5. The molecule has 0 saturated heterocycles. The van der Waals surface area contributed by atoms with Crippen LogP contribution in [0, 0.1) is 33.3 Å². The van der Waals surface area contributed by atoms with Crippen molar-refractivity contribution in [1.82, 2.24) is 5.32 Å². The number of carbonyl (C=O) groups is 1. The highest BCUT2D eigenvalue weighted by Crippen LogP contribution is 2.61. The molecule has 1 amide bonds. The van der Waals surface area contributed by atoms with Crippen molar-refractivity contribution in [1.29, 1.82) is 0 Å². The number of benzene rings is 1. The zero-order valence-electron chi connectivity index (χ0n) is 17.0. The van der Waals surface area contributed by atoms with Crippen molar-refractivity contribution in [3.8, 4) is 11.5 Å². The Morgan fingerprint density at radius 1 is 1.17 bits per heavy atom. The Labute approximate surface area is 173 Å². The number of amides is 1. The summed E-state index contributed by atoms with van der Waals surface area (Å²) in [5, 5.41) is 14.5. The van der Waals surface area contributed by atoms with Crippen LogP contribution >= 0.6 is 0 Å². The van der Waals surface area contributed by atoms with Gasteiger partial charge in [-0.25, -0.2) is 0 Å². The van der Waals surface area contributed by atoms with Gasteiger partial charge in [-0.15, -0.1) is 0 Å². The Bertz CT molecular complexity index is 825. The highest BCUT2D eigenvalue weighted by Gasteiger charge is 2.53. The molecule has 0 heterocycles. The van der Waals surface area contributed by atoms with Gasteiger partial charge in [0, 0.05) is 12.1 Å². The second kappa shape index (κ2) is 7.67. The number of methoxy groups -OCH3 is 1. The van der Waals surface area contributed by atoms with E-state index in [9.17, 15) is 23.7 Å². The van der Waals surface area contributed by atoms with Gasteiger partial charge in [-0.3, -0.25) is 14.9 Å². The molecule has 4 bridgehead atoms. The van der Waals surface area contributed by atoms with Gasteiger partial charge >= 0.3 is 6.61 Å². The molecule has 1 N–H and O–H groups in total. The minimum absolute atomic E-state index is 0.0298. The first-order valence-electron chi connectivity index (χ1n) is 10.3. The second-order valence-corrected chi connectivity index (χ2v) is 9.13. The number of nitrogens with zero attached hydrogens (tertiary/aromatic N) is 1. The molecule has 4 fully saturated rings. The average Bonchev–Trinajstić information content (AvgIpc) is 2.65. The molecule has 0 aromatic heterocycles. The first kappa shape index (κ1) is 20.8. The summed E-state index contributed by atoms with van der Waals surface area (Å²) in [7, 11) is 1.22. The maximum Gasteiger partial charge on any atom is 0.387 e. The van der Waals surface area contributed by atoms with Crippen LogP contribution in [0.1, 0.15) is 55.8 Å². The van der Waals surface area contributed by atoms with E-state index in [1.54, 1.807) is 0 Å². The molecule has 0 unspecified atom stereocenters. The van der Waals surface area contributed by atoms with E-state index >= 15 is 0 Å². The van der Waals surface area contributed by atoms with E-state index in [1.165, 1.54) is 26.4 Å². The van der Waals surface area contributed by atoms with E-state index in [4.69, 9.17) is 4.74 Å². The summed E-state index contributed by atoms with van der Waals surface area (Å²) in [4.78, 5) is 23.8. The number of hydrogen-bond donors (Lipinski definition) is 1. The van der Waals surface area contributed by atoms with E-state index in [-0.39, 0.29) is 22.8 Å². The molecule has 0 aliphatic heterocycles. The van der Waals surface area contributed by atoms with E-state index in [0.29, 0.717) is 17.8 Å². The Hall–Kier alpha value is -2.45. The van der Waals surface area contributed by atoms with Crippen LogP contribution in [0.4, 0.5) is 14.5 Å². The minimum Gasteiger partial charge on any atom is -0.493 e. The van der Waals surface area contributed by atoms with Crippen molar-refractivity contribution < 1.29 is 28.0 Å². The highest BCUT2D eigenvalue weighted by atomic mass is 19.3. The third-order valence-corrected chi connectivity index (χ3v) is 7.29. The molecule has 30 heavy (non-hydrogen) atoms. The number of rotatable bonds is 7. The minimum atomic E-state index is -3.17. The van der Waals surface area contributed by atoms with Gasteiger partial charge in [0.05, 0.1) is 18.1 Å². The van der Waals surface area contributed by atoms with E-state index in [0.717, 1.165) is 31.4 Å². The van der Waals surface area contributed by atoms with Crippen molar-refractivity contribution in [3.63, 3.8) is 0 Å². The zero-order chi connectivity index (χ0) is 21.6. The Morgan fingerprint density at radius 2 is 1.73 bits per heavy atom. The van der Waals surface area contributed by atoms with E-state index < -0.39 is 28.9 Å². The topological polar surface area (TPSA) is 90.7 Å². The number of nitro benzene ring substituents is 1. The third-order valence-electron chi connectivity index (χ3n) is 7.29. The lowest BCUT2D eigenvalue weighted by Gasteiger charge is -2.59. The molecule has 4 aliphatic rings. The first-order chi connectivity index (χ1) is 14.2. The van der Waals surface area contributed by atoms with Crippen LogP contribution in [0.3, 0.4) is 0 Å². The molecule has 4 saturated carbocycles. The quantitative estimate of drug-likeness (QED) is 0.513. The first-order valence-corrected chi connectivity index (χ1v) is 10.3. The number of halogens is 2. The summed E-state index contributed by atoms with van der Waals surface area (Å²) in [5.41, 5.74) is -0.793. The van der Waals surface area contributed by atoms with Crippen LogP contribution in [0.2, 0.25) is 0 Å². The van der Waals surface area contributed by atoms with Crippen molar-refractivity contribution >= 4 is 11.6 Å². The lowest BCUT2D eigenvalue weighted by Crippen LogP contribution is -2.55. The Morgan fingerprint density at radius 3 is 2.20 bits per heavy atom. The fourth-order valence-electron chi connectivity index (χ4n) is 6.37. The molecular formula is C21H26F2N2O5. The molecule has 5 rings (SSSR count). The Kier molecular flexibility index (Phi) is 5.32. The Balaban J connectivity index is 1.59. The summed E-state index contributed by atoms with van der Waals surface area (Å²) in [5.74, 6) is 0.868. The van der Waals surface area contributed by atoms with Gasteiger partial charge < -0.3 is 14.8 Å². The van der Waals surface area contributed by atoms with Gasteiger partial charge in [-0.2, -0.15) is 8.78 Å². The molecule has 1 atom stereocenters. The third kappa shape index (κ3) is 3.70. The number of ether oxygens (including phenoxy) is 2. The van der Waals surface area contributed by atoms with Crippen molar-refractivity contribution in [2.45, 2.75) is 58.1 Å². The van der Waals surface area contributed by atoms with Crippen LogP contribution in [0.15, 0.2) is 12.1 Å². The van der Waals surface area contributed by atoms with E-state index in [1.807, 2.05) is 6.92 Å². The molecule has 164 valence electrons. The van der Waals surface area contributed by atoms with Crippen LogP contribution < -0.4 is 14.8 Å². The monoisotopic (exact) mass is 424 g/mol. The number of carbonyl (C=O) groups excluding carboxylic acids is 1. The van der Waals surface area contributed by atoms with E-state index in [2.05, 4.69) is 10.1 Å². The summed E-state index contributed by atoms with van der Waals surface area (Å²) in [6.07, 6.45) is 7.05. The maximum absolute atomic E-state index is 13.0. The lowest BCUT2D eigenvalue weighted by atomic mass is 9.48. The molecular weight excluding hydrogens is 398 g/mol. The molecule has 9 heteroatoms. The molecule has 0 spiro atoms. The smallest absolute Gasteiger partial charge is 0.387 e. The summed E-state index contributed by atoms with van der Waals surface area (Å²) in [6.45, 7) is -1.20. The van der Waals surface area contributed by atoms with Gasteiger partial charge in [-0.05, 0) is 68.6 Å². The van der Waals surface area contributed by atoms with Crippen LogP contribution in [0.5, 0.6) is 11.5 Å². The summed E-state index contributed by atoms with van der Waals surface area (Å²) in [6, 6.07) is 1.77. The lowest BCUT2D eigenvalue weighted by molar-refractivity contribution is -0.385. The molecule has 4 aliphatic carbocycles. The largest absolute Gasteiger partial charge is 0.493 e. The SMILES string of the molecule is COc1cc(C(=O)N[C@@H](C)C23CC4CC(CC(C4)C2)C3)c([N+](=O)[O-])cc1OC(F)F. The second-order valence-electron chi connectivity index (χ2n) is 9.13. The predicted molar refractivity (Wildman–Crippen MR) is 104 cm³/mol. The molecule has 1 aromatic rings. The molecule has 0 radical (unpaired) electrons. The molecule has 7 nitrogen and oxygen atoms in total. The predicted octanol–water partition coefficient (Wildman–Crippen LogP) is 4.54. The fourth-order valence-corrected chi connectivity index (χ4v) is 6.37. The van der Waals surface area contributed by atoms with Crippen LogP contribution in [0.25, 0.3) is 0 Å². The van der Waals surface area contributed by atoms with Gasteiger partial charge in [0.2, 0.25) is 0 Å². The fraction of sp³-hybridized carbons (Fsp3) is 0.667. The summed E-state index contributed by atoms with van der Waals surface area (Å²) >= 11 is 0. The van der Waals surface area contributed by atoms with Crippen LogP contribution in [-0.4, -0.2) is 30.6 Å². The maximum atomic E-state index is 13.0. The average molecular weight is 424 g/mol. The van der Waals surface area contributed by atoms with Gasteiger partial charge in [-0.1, -0.05) is 0 Å². The number of nitro groups is 1. The zero-order valence-corrected chi connectivity index (χ0v) is 17.0. The number of nitrogens with one attached hydrogen (secondary N) is 1. The highest BCUT2D eigenvalue weighted by molar-refractivity contribution is 5.99. The van der Waals surface area contributed by atoms with Crippen molar-refractivity contribution in [2.24, 2.45) is 23.2 Å². The van der Waals surface area contributed by atoms with Gasteiger partial charge in [0.1, 0.15) is 5.56 Å². The summed E-state index contributed by atoms with van der Waals surface area (Å²) < 4.78 is 34.6. The molecule has 1 aromatic carbocycles.